The average molecular weight is 434 g/mol. The molecule has 1 aliphatic rings. The summed E-state index contributed by atoms with van der Waals surface area (Å²) in [6.07, 6.45) is 3.25. The second-order valence-corrected chi connectivity index (χ2v) is 10.4. The van der Waals surface area contributed by atoms with E-state index in [2.05, 4.69) is 22.2 Å². The molecule has 2 rings (SSSR count). The van der Waals surface area contributed by atoms with Gasteiger partial charge in [0.05, 0.1) is 10.9 Å². The fraction of sp³-hybridized carbons (Fsp3) is 0.429. The van der Waals surface area contributed by atoms with Crippen LogP contribution in [0.25, 0.3) is 5.70 Å². The van der Waals surface area contributed by atoms with Crippen molar-refractivity contribution in [1.82, 2.24) is 5.32 Å². The number of carbonyl (C=O) groups excluding carboxylic acids is 1. The molecule has 1 aliphatic carbocycles. The summed E-state index contributed by atoms with van der Waals surface area (Å²) in [7, 11) is -3.38. The number of amidine groups is 1. The number of rotatable bonds is 9. The van der Waals surface area contributed by atoms with Gasteiger partial charge in [0.15, 0.2) is 9.84 Å². The van der Waals surface area contributed by atoms with Crippen LogP contribution in [0.5, 0.6) is 0 Å². The monoisotopic (exact) mass is 433 g/mol. The van der Waals surface area contributed by atoms with Gasteiger partial charge in [-0.1, -0.05) is 25.6 Å². The summed E-state index contributed by atoms with van der Waals surface area (Å²) in [5, 5.41) is 4.95. The third-order valence-electron chi connectivity index (χ3n) is 4.97. The Hall–Kier alpha value is -2.81. The Morgan fingerprint density at radius 1 is 1.27 bits per heavy atom. The van der Waals surface area contributed by atoms with Crippen LogP contribution in [-0.4, -0.2) is 36.8 Å². The molecule has 1 saturated carbocycles. The minimum absolute atomic E-state index is 0.0869. The number of benzene rings is 1. The highest BCUT2D eigenvalue weighted by atomic mass is 32.2. The number of urea groups is 1. The molecule has 9 heteroatoms. The Balaban J connectivity index is 2.09. The van der Waals surface area contributed by atoms with Crippen molar-refractivity contribution in [1.29, 1.82) is 0 Å². The van der Waals surface area contributed by atoms with E-state index in [1.807, 2.05) is 6.92 Å². The summed E-state index contributed by atoms with van der Waals surface area (Å²) in [5.74, 6) is 0.0869. The molecule has 0 aliphatic heterocycles. The maximum Gasteiger partial charge on any atom is 0.319 e. The number of carbonyl (C=O) groups is 1. The molecule has 1 fully saturated rings. The quantitative estimate of drug-likeness (QED) is 0.350. The minimum atomic E-state index is -3.38. The zero-order chi connectivity index (χ0) is 22.5. The highest BCUT2D eigenvalue weighted by Crippen LogP contribution is 2.49. The molecule has 0 unspecified atom stereocenters. The molecule has 1 aromatic rings. The van der Waals surface area contributed by atoms with Crippen molar-refractivity contribution < 1.29 is 13.2 Å². The van der Waals surface area contributed by atoms with E-state index in [0.29, 0.717) is 36.3 Å². The maximum absolute atomic E-state index is 12.6. The Bertz CT molecular complexity index is 959. The van der Waals surface area contributed by atoms with Crippen molar-refractivity contribution in [3.63, 3.8) is 0 Å². The standard InChI is InChI=1S/C21H31N5O3S/c1-5-12-24-20(27)26-17-8-6-16(7-9-17)15(4)25-19(23)13-18(22)21(10-11-21)30(28,29)14(2)3/h6-9,13-14H,4-5,10-12,22H2,1-3H3,(H2,23,25)(H2,24,26,27)/b18-13-. The molecule has 0 spiro atoms. The van der Waals surface area contributed by atoms with Gasteiger partial charge in [0.1, 0.15) is 10.6 Å². The van der Waals surface area contributed by atoms with E-state index >= 15 is 0 Å². The van der Waals surface area contributed by atoms with Crippen LogP contribution in [0.2, 0.25) is 0 Å². The highest BCUT2D eigenvalue weighted by molar-refractivity contribution is 7.93. The van der Waals surface area contributed by atoms with Crippen LogP contribution in [0.3, 0.4) is 0 Å². The van der Waals surface area contributed by atoms with Crippen LogP contribution in [0.15, 0.2) is 47.6 Å². The van der Waals surface area contributed by atoms with Crippen LogP contribution in [0, 0.1) is 0 Å². The SMILES string of the molecule is C=C(N=C(N)/C=C(\N)C1(S(=O)(=O)C(C)C)CC1)c1ccc(NC(=O)NCCC)cc1. The maximum atomic E-state index is 12.6. The summed E-state index contributed by atoms with van der Waals surface area (Å²) >= 11 is 0. The molecule has 6 N–H and O–H groups in total. The summed E-state index contributed by atoms with van der Waals surface area (Å²) in [6.45, 7) is 9.77. The first-order valence-electron chi connectivity index (χ1n) is 9.93. The zero-order valence-corrected chi connectivity index (χ0v) is 18.6. The summed E-state index contributed by atoms with van der Waals surface area (Å²) in [6, 6.07) is 6.71. The molecule has 164 valence electrons. The van der Waals surface area contributed by atoms with Crippen molar-refractivity contribution in [3.8, 4) is 0 Å². The Morgan fingerprint density at radius 2 is 1.87 bits per heavy atom. The molecule has 8 nitrogen and oxygen atoms in total. The van der Waals surface area contributed by atoms with E-state index in [9.17, 15) is 13.2 Å². The lowest BCUT2D eigenvalue weighted by Gasteiger charge is -2.19. The number of aliphatic imine (C=N–C) groups is 1. The van der Waals surface area contributed by atoms with Crippen molar-refractivity contribution >= 4 is 33.1 Å². The average Bonchev–Trinajstić information content (AvgIpc) is 3.49. The Morgan fingerprint density at radius 3 is 2.37 bits per heavy atom. The van der Waals surface area contributed by atoms with Gasteiger partial charge in [0.25, 0.3) is 0 Å². The predicted molar refractivity (Wildman–Crippen MR) is 123 cm³/mol. The third kappa shape index (κ3) is 5.21. The van der Waals surface area contributed by atoms with E-state index in [-0.39, 0.29) is 17.6 Å². The van der Waals surface area contributed by atoms with Crippen LogP contribution < -0.4 is 22.1 Å². The van der Waals surface area contributed by atoms with Gasteiger partial charge < -0.3 is 22.1 Å². The molecule has 1 aromatic carbocycles. The minimum Gasteiger partial charge on any atom is -0.401 e. The van der Waals surface area contributed by atoms with Gasteiger partial charge in [-0.25, -0.2) is 18.2 Å². The number of nitrogens with one attached hydrogen (secondary N) is 2. The smallest absolute Gasteiger partial charge is 0.319 e. The van der Waals surface area contributed by atoms with Crippen LogP contribution in [0.1, 0.15) is 45.6 Å². The van der Waals surface area contributed by atoms with Gasteiger partial charge >= 0.3 is 6.03 Å². The second-order valence-electron chi connectivity index (χ2n) is 7.63. The molecule has 0 saturated heterocycles. The molecule has 0 aromatic heterocycles. The van der Waals surface area contributed by atoms with Gasteiger partial charge in [-0.15, -0.1) is 0 Å². The number of amides is 2. The van der Waals surface area contributed by atoms with E-state index in [0.717, 1.165) is 6.42 Å². The predicted octanol–water partition coefficient (Wildman–Crippen LogP) is 2.74. The van der Waals surface area contributed by atoms with Crippen molar-refractivity contribution in [2.75, 3.05) is 11.9 Å². The first kappa shape index (κ1) is 23.5. The number of nitrogens with two attached hydrogens (primary N) is 2. The summed E-state index contributed by atoms with van der Waals surface area (Å²) in [5.41, 5.74) is 14.0. The molecule has 0 bridgehead atoms. The number of anilines is 1. The molecule has 0 radical (unpaired) electrons. The van der Waals surface area contributed by atoms with E-state index in [1.54, 1.807) is 38.1 Å². The Labute approximate surface area is 178 Å². The molecular weight excluding hydrogens is 402 g/mol. The van der Waals surface area contributed by atoms with Crippen molar-refractivity contribution in [2.45, 2.75) is 50.0 Å². The molecule has 30 heavy (non-hydrogen) atoms. The fourth-order valence-electron chi connectivity index (χ4n) is 3.01. The van der Waals surface area contributed by atoms with E-state index < -0.39 is 19.8 Å². The summed E-state index contributed by atoms with van der Waals surface area (Å²) < 4.78 is 24.2. The first-order valence-corrected chi connectivity index (χ1v) is 11.5. The third-order valence-corrected chi connectivity index (χ3v) is 7.95. The molecular formula is C21H31N5O3S. The summed E-state index contributed by atoms with van der Waals surface area (Å²) in [4.78, 5) is 15.9. The normalized spacial score (nSPS) is 16.3. The van der Waals surface area contributed by atoms with Crippen molar-refractivity contribution in [3.05, 3.63) is 48.2 Å². The van der Waals surface area contributed by atoms with E-state index in [1.165, 1.54) is 6.08 Å². The number of sulfone groups is 1. The van der Waals surface area contributed by atoms with Crippen molar-refractivity contribution in [2.24, 2.45) is 16.5 Å². The first-order chi connectivity index (χ1) is 14.0. The van der Waals surface area contributed by atoms with Crippen LogP contribution in [0.4, 0.5) is 10.5 Å². The van der Waals surface area contributed by atoms with Gasteiger partial charge in [0.2, 0.25) is 0 Å². The second kappa shape index (κ2) is 9.34. The lowest BCUT2D eigenvalue weighted by Crippen LogP contribution is -2.36. The van der Waals surface area contributed by atoms with Crippen LogP contribution >= 0.6 is 0 Å². The molecule has 0 atom stereocenters. The van der Waals surface area contributed by atoms with Gasteiger partial charge in [-0.05, 0) is 50.8 Å². The lowest BCUT2D eigenvalue weighted by atomic mass is 10.1. The van der Waals surface area contributed by atoms with Gasteiger partial charge in [0, 0.05) is 24.0 Å². The fourth-order valence-corrected chi connectivity index (χ4v) is 4.97. The van der Waals surface area contributed by atoms with Gasteiger partial charge in [-0.2, -0.15) is 0 Å². The largest absolute Gasteiger partial charge is 0.401 e. The Kier molecular flexibility index (Phi) is 7.30. The van der Waals surface area contributed by atoms with E-state index in [4.69, 9.17) is 11.5 Å². The zero-order valence-electron chi connectivity index (χ0n) is 17.7. The molecule has 2 amide bonds. The topological polar surface area (TPSA) is 140 Å². The molecule has 0 heterocycles. The number of hydrogen-bond acceptors (Lipinski definition) is 5. The number of nitrogens with zero attached hydrogens (tertiary/aromatic N) is 1. The number of hydrogen-bond donors (Lipinski definition) is 4. The van der Waals surface area contributed by atoms with Crippen LogP contribution in [-0.2, 0) is 9.84 Å². The van der Waals surface area contributed by atoms with Gasteiger partial charge in [-0.3, -0.25) is 0 Å². The lowest BCUT2D eigenvalue weighted by molar-refractivity contribution is 0.252. The highest BCUT2D eigenvalue weighted by Gasteiger charge is 2.57.